The molecule has 1 N–H and O–H groups in total. The Hall–Kier alpha value is -1.38. The van der Waals surface area contributed by atoms with Crippen LogP contribution in [0.5, 0.6) is 0 Å². The third-order valence-electron chi connectivity index (χ3n) is 6.72. The molecule has 2 aliphatic heterocycles. The standard InChI is InChI=1S/C23H34N4S/c1-20(2)8-15-9-23(7,12-20)13-27(15)14-25-19-17(11-24)16-10-21(3,4)26-22(5,6)18(16)28-19/h14-15,26H,8-10,12-13H2,1-7H3/t15-,23+/m1/s1. The number of hydrogen-bond donors (Lipinski definition) is 1. The van der Waals surface area contributed by atoms with Crippen molar-refractivity contribution in [1.29, 1.82) is 5.26 Å². The van der Waals surface area contributed by atoms with E-state index in [4.69, 9.17) is 4.99 Å². The first kappa shape index (κ1) is 19.9. The van der Waals surface area contributed by atoms with Crippen LogP contribution >= 0.6 is 11.3 Å². The molecule has 5 heteroatoms. The van der Waals surface area contributed by atoms with Crippen LogP contribution in [-0.4, -0.2) is 29.4 Å². The number of nitrogens with zero attached hydrogens (tertiary/aromatic N) is 3. The van der Waals surface area contributed by atoms with Crippen molar-refractivity contribution in [1.82, 2.24) is 10.2 Å². The largest absolute Gasteiger partial charge is 0.359 e. The van der Waals surface area contributed by atoms with Crippen LogP contribution in [0.1, 0.15) is 83.7 Å². The van der Waals surface area contributed by atoms with Crippen LogP contribution in [0, 0.1) is 22.2 Å². The van der Waals surface area contributed by atoms with Crippen LogP contribution in [0.3, 0.4) is 0 Å². The molecule has 1 aliphatic carbocycles. The third kappa shape index (κ3) is 3.39. The molecule has 0 radical (unpaired) electrons. The van der Waals surface area contributed by atoms with E-state index in [1.165, 1.54) is 29.7 Å². The van der Waals surface area contributed by atoms with E-state index in [2.05, 4.69) is 64.8 Å². The fourth-order valence-corrected chi connectivity index (χ4v) is 7.65. The molecule has 1 aromatic heterocycles. The van der Waals surface area contributed by atoms with Crippen molar-refractivity contribution in [2.45, 2.75) is 91.3 Å². The van der Waals surface area contributed by atoms with Crippen LogP contribution in [-0.2, 0) is 12.0 Å². The zero-order valence-corrected chi connectivity index (χ0v) is 19.3. The van der Waals surface area contributed by atoms with Crippen molar-refractivity contribution in [2.75, 3.05) is 6.54 Å². The smallest absolute Gasteiger partial charge is 0.136 e. The van der Waals surface area contributed by atoms with Crippen LogP contribution in [0.2, 0.25) is 0 Å². The predicted molar refractivity (Wildman–Crippen MR) is 117 cm³/mol. The first-order valence-electron chi connectivity index (χ1n) is 10.5. The Labute approximate surface area is 174 Å². The topological polar surface area (TPSA) is 51.4 Å². The summed E-state index contributed by atoms with van der Waals surface area (Å²) in [5.41, 5.74) is 2.62. The molecule has 1 aromatic rings. The van der Waals surface area contributed by atoms with E-state index < -0.39 is 0 Å². The lowest BCUT2D eigenvalue weighted by Crippen LogP contribution is -2.54. The van der Waals surface area contributed by atoms with Gasteiger partial charge in [-0.2, -0.15) is 5.26 Å². The second kappa shape index (κ2) is 6.06. The van der Waals surface area contributed by atoms with Crippen LogP contribution in [0.25, 0.3) is 0 Å². The second-order valence-electron chi connectivity index (χ2n) is 11.6. The first-order chi connectivity index (χ1) is 12.8. The van der Waals surface area contributed by atoms with Crippen molar-refractivity contribution >= 4 is 22.7 Å². The van der Waals surface area contributed by atoms with Crippen LogP contribution < -0.4 is 5.32 Å². The monoisotopic (exact) mass is 398 g/mol. The molecule has 2 bridgehead atoms. The lowest BCUT2D eigenvalue weighted by molar-refractivity contribution is 0.133. The maximum atomic E-state index is 9.90. The van der Waals surface area contributed by atoms with Crippen molar-refractivity contribution in [3.63, 3.8) is 0 Å². The molecule has 3 aliphatic rings. The molecular formula is C23H34N4S. The minimum atomic E-state index is -0.136. The highest BCUT2D eigenvalue weighted by Gasteiger charge is 2.49. The summed E-state index contributed by atoms with van der Waals surface area (Å²) < 4.78 is 0. The molecule has 4 rings (SSSR count). The summed E-state index contributed by atoms with van der Waals surface area (Å²) in [6.07, 6.45) is 6.69. The Morgan fingerprint density at radius 3 is 2.57 bits per heavy atom. The maximum absolute atomic E-state index is 9.90. The molecule has 0 aromatic carbocycles. The van der Waals surface area contributed by atoms with Gasteiger partial charge < -0.3 is 10.2 Å². The van der Waals surface area contributed by atoms with E-state index in [1.54, 1.807) is 11.3 Å². The summed E-state index contributed by atoms with van der Waals surface area (Å²) in [5, 5.41) is 14.5. The van der Waals surface area contributed by atoms with Crippen LogP contribution in [0.15, 0.2) is 4.99 Å². The maximum Gasteiger partial charge on any atom is 0.136 e. The molecule has 0 amide bonds. The fourth-order valence-electron chi connectivity index (χ4n) is 6.49. The number of fused-ring (bicyclic) bond motifs is 3. The van der Waals surface area contributed by atoms with Crippen molar-refractivity contribution in [3.8, 4) is 6.07 Å². The molecule has 1 saturated heterocycles. The summed E-state index contributed by atoms with van der Waals surface area (Å²) in [5.74, 6) is 0. The first-order valence-corrected chi connectivity index (χ1v) is 11.3. The van der Waals surface area contributed by atoms with Crippen molar-refractivity contribution in [3.05, 3.63) is 16.0 Å². The van der Waals surface area contributed by atoms with Gasteiger partial charge in [0, 0.05) is 28.5 Å². The average molecular weight is 399 g/mol. The number of rotatable bonds is 2. The van der Waals surface area contributed by atoms with E-state index in [1.807, 2.05) is 6.34 Å². The third-order valence-corrected chi connectivity index (χ3v) is 8.18. The Kier molecular flexibility index (Phi) is 4.31. The predicted octanol–water partition coefficient (Wildman–Crippen LogP) is 5.34. The normalized spacial score (nSPS) is 32.4. The zero-order valence-electron chi connectivity index (χ0n) is 18.4. The quantitative estimate of drug-likeness (QED) is 0.540. The molecule has 0 unspecified atom stereocenters. The summed E-state index contributed by atoms with van der Waals surface area (Å²) in [6.45, 7) is 17.2. The SMILES string of the molecule is CC1(C)C[C@@H]2C[C@](C)(CN2C=Nc2sc3c(c2C#N)CC(C)(C)NC3(C)C)C1. The number of thiophene rings is 1. The van der Waals surface area contributed by atoms with Gasteiger partial charge in [0.2, 0.25) is 0 Å². The van der Waals surface area contributed by atoms with E-state index in [-0.39, 0.29) is 11.1 Å². The van der Waals surface area contributed by atoms with E-state index in [0.717, 1.165) is 23.5 Å². The molecule has 3 heterocycles. The van der Waals surface area contributed by atoms with E-state index >= 15 is 0 Å². The number of likely N-dealkylation sites (tertiary alicyclic amines) is 1. The highest BCUT2D eigenvalue weighted by atomic mass is 32.1. The van der Waals surface area contributed by atoms with E-state index in [9.17, 15) is 5.26 Å². The van der Waals surface area contributed by atoms with Gasteiger partial charge in [0.05, 0.1) is 11.9 Å². The Morgan fingerprint density at radius 2 is 1.89 bits per heavy atom. The van der Waals surface area contributed by atoms with Gasteiger partial charge in [0.25, 0.3) is 0 Å². The lowest BCUT2D eigenvalue weighted by Gasteiger charge is -2.42. The Balaban J connectivity index is 1.65. The fraction of sp³-hybridized carbons (Fsp3) is 0.739. The highest BCUT2D eigenvalue weighted by molar-refractivity contribution is 7.16. The molecule has 1 saturated carbocycles. The van der Waals surface area contributed by atoms with Gasteiger partial charge >= 0.3 is 0 Å². The molecule has 28 heavy (non-hydrogen) atoms. The molecular weight excluding hydrogens is 364 g/mol. The number of nitrogens with one attached hydrogen (secondary N) is 1. The molecule has 152 valence electrons. The summed E-state index contributed by atoms with van der Waals surface area (Å²) in [6, 6.07) is 3.05. The van der Waals surface area contributed by atoms with Gasteiger partial charge in [-0.25, -0.2) is 4.99 Å². The van der Waals surface area contributed by atoms with Gasteiger partial charge in [-0.1, -0.05) is 20.8 Å². The highest BCUT2D eigenvalue weighted by Crippen LogP contribution is 2.52. The molecule has 2 fully saturated rings. The van der Waals surface area contributed by atoms with Gasteiger partial charge in [-0.15, -0.1) is 11.3 Å². The number of hydrogen-bond acceptors (Lipinski definition) is 4. The van der Waals surface area contributed by atoms with E-state index in [0.29, 0.717) is 16.9 Å². The minimum absolute atomic E-state index is 0.0175. The molecule has 2 atom stereocenters. The van der Waals surface area contributed by atoms with Crippen molar-refractivity contribution in [2.24, 2.45) is 15.8 Å². The summed E-state index contributed by atoms with van der Waals surface area (Å²) in [7, 11) is 0. The summed E-state index contributed by atoms with van der Waals surface area (Å²) in [4.78, 5) is 8.60. The second-order valence-corrected chi connectivity index (χ2v) is 12.6. The van der Waals surface area contributed by atoms with Crippen molar-refractivity contribution < 1.29 is 0 Å². The molecule has 0 spiro atoms. The minimum Gasteiger partial charge on any atom is -0.359 e. The summed E-state index contributed by atoms with van der Waals surface area (Å²) >= 11 is 1.69. The Bertz CT molecular complexity index is 870. The lowest BCUT2D eigenvalue weighted by atomic mass is 9.65. The Morgan fingerprint density at radius 1 is 1.18 bits per heavy atom. The van der Waals surface area contributed by atoms with Gasteiger partial charge in [0.1, 0.15) is 11.1 Å². The van der Waals surface area contributed by atoms with Crippen LogP contribution in [0.4, 0.5) is 5.00 Å². The number of nitriles is 1. The number of aliphatic imine (C=N–C) groups is 1. The van der Waals surface area contributed by atoms with Gasteiger partial charge in [-0.3, -0.25) is 0 Å². The van der Waals surface area contributed by atoms with Gasteiger partial charge in [-0.05, 0) is 69.8 Å². The van der Waals surface area contributed by atoms with Gasteiger partial charge in [0.15, 0.2) is 0 Å². The zero-order chi connectivity index (χ0) is 20.5. The molecule has 4 nitrogen and oxygen atoms in total. The average Bonchev–Trinajstić information content (AvgIpc) is 2.96.